The number of benzene rings is 1. The molecule has 0 spiro atoms. The molecule has 2 amide bonds. The fraction of sp³-hybridized carbons (Fsp3) is 0.429. The van der Waals surface area contributed by atoms with Gasteiger partial charge in [0, 0.05) is 28.8 Å². The maximum atomic E-state index is 12.2. The van der Waals surface area contributed by atoms with Crippen molar-refractivity contribution >= 4 is 40.9 Å². The Bertz CT molecular complexity index is 531. The number of carbonyl (C=O) groups is 2. The number of piperidine rings is 1. The first-order valence-corrected chi connectivity index (χ1v) is 7.35. The second-order valence-electron chi connectivity index (χ2n) is 4.90. The second-order valence-corrected chi connectivity index (χ2v) is 5.77. The summed E-state index contributed by atoms with van der Waals surface area (Å²) in [4.78, 5) is 25.4. The molecule has 0 aromatic heterocycles. The van der Waals surface area contributed by atoms with Crippen molar-refractivity contribution in [2.75, 3.05) is 25.5 Å². The molecule has 1 saturated heterocycles. The zero-order valence-electron chi connectivity index (χ0n) is 11.6. The molecule has 0 radical (unpaired) electrons. The molecule has 1 aliphatic rings. The summed E-state index contributed by atoms with van der Waals surface area (Å²) in [6, 6.07) is 4.55. The van der Waals surface area contributed by atoms with Gasteiger partial charge in [-0.05, 0) is 31.0 Å². The molecule has 1 aliphatic heterocycles. The topological polar surface area (TPSA) is 58.6 Å². The average Bonchev–Trinajstić information content (AvgIpc) is 2.45. The summed E-state index contributed by atoms with van der Waals surface area (Å²) in [5, 5.41) is 3.63. The summed E-state index contributed by atoms with van der Waals surface area (Å²) in [5.41, 5.74) is 0.526. The molecule has 114 valence electrons. The highest BCUT2D eigenvalue weighted by Gasteiger charge is 2.29. The van der Waals surface area contributed by atoms with Gasteiger partial charge in [0.2, 0.25) is 0 Å². The van der Waals surface area contributed by atoms with Gasteiger partial charge in [-0.3, -0.25) is 4.79 Å². The number of hydrogen-bond donors (Lipinski definition) is 1. The van der Waals surface area contributed by atoms with E-state index in [1.165, 1.54) is 7.11 Å². The lowest BCUT2D eigenvalue weighted by molar-refractivity contribution is -0.146. The highest BCUT2D eigenvalue weighted by molar-refractivity contribution is 6.35. The number of ether oxygens (including phenoxy) is 1. The number of anilines is 1. The molecule has 7 heteroatoms. The van der Waals surface area contributed by atoms with E-state index in [-0.39, 0.29) is 17.9 Å². The highest BCUT2D eigenvalue weighted by atomic mass is 35.5. The van der Waals surface area contributed by atoms with Gasteiger partial charge >= 0.3 is 12.0 Å². The quantitative estimate of drug-likeness (QED) is 0.845. The van der Waals surface area contributed by atoms with Crippen LogP contribution in [-0.2, 0) is 9.53 Å². The van der Waals surface area contributed by atoms with E-state index in [9.17, 15) is 9.59 Å². The predicted octanol–water partition coefficient (Wildman–Crippen LogP) is 3.41. The molecule has 1 aromatic carbocycles. The van der Waals surface area contributed by atoms with Gasteiger partial charge in [0.15, 0.2) is 0 Å². The van der Waals surface area contributed by atoms with E-state index in [0.29, 0.717) is 28.8 Å². The van der Waals surface area contributed by atoms with Crippen LogP contribution in [-0.4, -0.2) is 37.1 Å². The van der Waals surface area contributed by atoms with Crippen LogP contribution in [0.15, 0.2) is 18.2 Å². The van der Waals surface area contributed by atoms with Crippen LogP contribution in [0.25, 0.3) is 0 Å². The van der Waals surface area contributed by atoms with Gasteiger partial charge in [-0.1, -0.05) is 23.2 Å². The number of hydrogen-bond acceptors (Lipinski definition) is 3. The van der Waals surface area contributed by atoms with E-state index in [0.717, 1.165) is 12.8 Å². The van der Waals surface area contributed by atoms with Crippen molar-refractivity contribution in [1.82, 2.24) is 4.90 Å². The summed E-state index contributed by atoms with van der Waals surface area (Å²) in [5.74, 6) is -0.546. The number of nitrogens with one attached hydrogen (secondary N) is 1. The van der Waals surface area contributed by atoms with E-state index in [4.69, 9.17) is 27.9 Å². The standard InChI is InChI=1S/C14H16Cl2N2O3/c1-21-13(19)9-3-2-4-18(8-9)14(20)17-12-6-10(15)5-11(16)7-12/h5-7,9H,2-4,8H2,1H3,(H,17,20)/t9-/m0/s1. The largest absolute Gasteiger partial charge is 0.469 e. The minimum atomic E-state index is -0.279. The molecule has 0 aliphatic carbocycles. The molecular formula is C14H16Cl2N2O3. The average molecular weight is 331 g/mol. The summed E-state index contributed by atoms with van der Waals surface area (Å²) >= 11 is 11.8. The van der Waals surface area contributed by atoms with Gasteiger partial charge in [-0.25, -0.2) is 4.79 Å². The fourth-order valence-electron chi connectivity index (χ4n) is 2.35. The van der Waals surface area contributed by atoms with Gasteiger partial charge in [0.1, 0.15) is 0 Å². The smallest absolute Gasteiger partial charge is 0.321 e. The zero-order valence-corrected chi connectivity index (χ0v) is 13.1. The first kappa shape index (κ1) is 15.9. The molecular weight excluding hydrogens is 315 g/mol. The summed E-state index contributed by atoms with van der Waals surface area (Å²) < 4.78 is 4.74. The number of rotatable bonds is 2. The minimum absolute atomic E-state index is 0.266. The van der Waals surface area contributed by atoms with Crippen LogP contribution < -0.4 is 5.32 Å². The van der Waals surface area contributed by atoms with Gasteiger partial charge < -0.3 is 15.0 Å². The van der Waals surface area contributed by atoms with Crippen LogP contribution in [0.4, 0.5) is 10.5 Å². The Hall–Kier alpha value is -1.46. The Labute approximate surface area is 133 Å². The number of esters is 1. The van der Waals surface area contributed by atoms with Crippen molar-refractivity contribution in [2.24, 2.45) is 5.92 Å². The molecule has 1 atom stereocenters. The van der Waals surface area contributed by atoms with Crippen LogP contribution in [0.2, 0.25) is 10.0 Å². The van der Waals surface area contributed by atoms with E-state index in [2.05, 4.69) is 5.32 Å². The molecule has 1 heterocycles. The predicted molar refractivity (Wildman–Crippen MR) is 81.8 cm³/mol. The Kier molecular flexibility index (Phi) is 5.31. The zero-order chi connectivity index (χ0) is 15.4. The van der Waals surface area contributed by atoms with Crippen molar-refractivity contribution in [2.45, 2.75) is 12.8 Å². The lowest BCUT2D eigenvalue weighted by Gasteiger charge is -2.31. The lowest BCUT2D eigenvalue weighted by Crippen LogP contribution is -2.44. The number of amides is 2. The molecule has 1 aromatic rings. The molecule has 21 heavy (non-hydrogen) atoms. The van der Waals surface area contributed by atoms with E-state index >= 15 is 0 Å². The Balaban J connectivity index is 2.01. The number of likely N-dealkylation sites (tertiary alicyclic amines) is 1. The Morgan fingerprint density at radius 2 is 1.95 bits per heavy atom. The second kappa shape index (κ2) is 7.00. The van der Waals surface area contributed by atoms with Crippen molar-refractivity contribution < 1.29 is 14.3 Å². The van der Waals surface area contributed by atoms with E-state index < -0.39 is 0 Å². The fourth-order valence-corrected chi connectivity index (χ4v) is 2.88. The molecule has 0 saturated carbocycles. The maximum Gasteiger partial charge on any atom is 0.321 e. The lowest BCUT2D eigenvalue weighted by atomic mass is 9.98. The number of nitrogens with zero attached hydrogens (tertiary/aromatic N) is 1. The van der Waals surface area contributed by atoms with E-state index in [1.54, 1.807) is 23.1 Å². The van der Waals surface area contributed by atoms with Crippen molar-refractivity contribution in [3.05, 3.63) is 28.2 Å². The number of urea groups is 1. The monoisotopic (exact) mass is 330 g/mol. The van der Waals surface area contributed by atoms with Gasteiger partial charge in [0.05, 0.1) is 13.0 Å². The van der Waals surface area contributed by atoms with Crippen molar-refractivity contribution in [3.63, 3.8) is 0 Å². The van der Waals surface area contributed by atoms with Gasteiger partial charge in [0.25, 0.3) is 0 Å². The number of carbonyl (C=O) groups excluding carboxylic acids is 2. The molecule has 1 N–H and O–H groups in total. The maximum absolute atomic E-state index is 12.2. The summed E-state index contributed by atoms with van der Waals surface area (Å²) in [7, 11) is 1.36. The Morgan fingerprint density at radius 1 is 1.29 bits per heavy atom. The molecule has 1 fully saturated rings. The van der Waals surface area contributed by atoms with Crippen LogP contribution >= 0.6 is 23.2 Å². The van der Waals surface area contributed by atoms with E-state index in [1.807, 2.05) is 0 Å². The molecule has 5 nitrogen and oxygen atoms in total. The van der Waals surface area contributed by atoms with Crippen LogP contribution in [0.5, 0.6) is 0 Å². The number of methoxy groups -OCH3 is 1. The van der Waals surface area contributed by atoms with Crippen LogP contribution in [0, 0.1) is 5.92 Å². The third-order valence-corrected chi connectivity index (χ3v) is 3.79. The first-order chi connectivity index (χ1) is 9.99. The third kappa shape index (κ3) is 4.25. The van der Waals surface area contributed by atoms with Crippen LogP contribution in [0.1, 0.15) is 12.8 Å². The summed E-state index contributed by atoms with van der Waals surface area (Å²) in [6.07, 6.45) is 1.50. The summed E-state index contributed by atoms with van der Waals surface area (Å²) in [6.45, 7) is 0.959. The van der Waals surface area contributed by atoms with Gasteiger partial charge in [-0.2, -0.15) is 0 Å². The highest BCUT2D eigenvalue weighted by Crippen LogP contribution is 2.24. The Morgan fingerprint density at radius 3 is 2.57 bits per heavy atom. The molecule has 2 rings (SSSR count). The van der Waals surface area contributed by atoms with Crippen molar-refractivity contribution in [1.29, 1.82) is 0 Å². The molecule has 0 unspecified atom stereocenters. The number of halogens is 2. The minimum Gasteiger partial charge on any atom is -0.469 e. The van der Waals surface area contributed by atoms with Crippen LogP contribution in [0.3, 0.4) is 0 Å². The third-order valence-electron chi connectivity index (χ3n) is 3.36. The van der Waals surface area contributed by atoms with Crippen molar-refractivity contribution in [3.8, 4) is 0 Å². The SMILES string of the molecule is COC(=O)[C@H]1CCCN(C(=O)Nc2cc(Cl)cc(Cl)c2)C1. The van der Waals surface area contributed by atoms with Gasteiger partial charge in [-0.15, -0.1) is 0 Å². The molecule has 0 bridgehead atoms. The first-order valence-electron chi connectivity index (χ1n) is 6.59. The normalized spacial score (nSPS) is 18.2.